The number of aromatic nitrogens is 2. The minimum Gasteiger partial charge on any atom is -0.374 e. The highest BCUT2D eigenvalue weighted by Gasteiger charge is 2.27. The molecule has 1 heterocycles. The van der Waals surface area contributed by atoms with Gasteiger partial charge < -0.3 is 10.1 Å². The average Bonchev–Trinajstić information content (AvgIpc) is 2.62. The third kappa shape index (κ3) is 3.66. The number of nitro groups is 1. The first-order valence-corrected chi connectivity index (χ1v) is 6.42. The minimum absolute atomic E-state index is 0.0362. The Morgan fingerprint density at radius 1 is 1.47 bits per heavy atom. The van der Waals surface area contributed by atoms with Gasteiger partial charge in [-0.25, -0.2) is 4.68 Å². The number of rotatable bonds is 7. The molecule has 1 N–H and O–H groups in total. The van der Waals surface area contributed by atoms with Crippen LogP contribution in [0, 0.1) is 17.0 Å². The molecule has 0 aromatic carbocycles. The fraction of sp³-hybridized carbons (Fsp3) is 0.750. The van der Waals surface area contributed by atoms with Crippen molar-refractivity contribution in [3.63, 3.8) is 0 Å². The van der Waals surface area contributed by atoms with Crippen LogP contribution in [0.1, 0.15) is 33.4 Å². The Morgan fingerprint density at radius 2 is 2.11 bits per heavy atom. The summed E-state index contributed by atoms with van der Waals surface area (Å²) in [5, 5.41) is 18.4. The van der Waals surface area contributed by atoms with Crippen molar-refractivity contribution in [2.75, 3.05) is 18.5 Å². The van der Waals surface area contributed by atoms with Crippen LogP contribution in [-0.4, -0.2) is 33.5 Å². The van der Waals surface area contributed by atoms with Crippen molar-refractivity contribution < 1.29 is 9.66 Å². The first-order valence-electron chi connectivity index (χ1n) is 6.42. The Kier molecular flexibility index (Phi) is 4.88. The summed E-state index contributed by atoms with van der Waals surface area (Å²) in [6.45, 7) is 11.0. The van der Waals surface area contributed by atoms with Gasteiger partial charge in [0.15, 0.2) is 0 Å². The Morgan fingerprint density at radius 3 is 2.58 bits per heavy atom. The maximum atomic E-state index is 11.1. The molecular formula is C12H22N4O3. The summed E-state index contributed by atoms with van der Waals surface area (Å²) < 4.78 is 7.18. The molecule has 0 bridgehead atoms. The van der Waals surface area contributed by atoms with Gasteiger partial charge in [-0.05, 0) is 34.6 Å². The van der Waals surface area contributed by atoms with Crippen molar-refractivity contribution in [3.05, 3.63) is 15.8 Å². The fourth-order valence-corrected chi connectivity index (χ4v) is 1.93. The second-order valence-corrected chi connectivity index (χ2v) is 4.90. The molecule has 0 amide bonds. The van der Waals surface area contributed by atoms with Crippen molar-refractivity contribution in [2.45, 2.75) is 46.8 Å². The highest BCUT2D eigenvalue weighted by atomic mass is 16.6. The predicted molar refractivity (Wildman–Crippen MR) is 73.5 cm³/mol. The lowest BCUT2D eigenvalue weighted by atomic mass is 10.1. The van der Waals surface area contributed by atoms with Gasteiger partial charge in [0, 0.05) is 19.7 Å². The van der Waals surface area contributed by atoms with Crippen LogP contribution in [0.2, 0.25) is 0 Å². The maximum Gasteiger partial charge on any atom is 0.333 e. The molecule has 1 aromatic rings. The average molecular weight is 270 g/mol. The lowest BCUT2D eigenvalue weighted by Crippen LogP contribution is -2.34. The molecule has 108 valence electrons. The standard InChI is InChI=1S/C12H22N4O3/c1-6-15-11(10(16(17)18)9(3)14-15)13-8-12(4,5)19-7-2/h13H,6-8H2,1-5H3. The Labute approximate surface area is 113 Å². The first kappa shape index (κ1) is 15.4. The molecule has 0 unspecified atom stereocenters. The van der Waals surface area contributed by atoms with Gasteiger partial charge in [-0.1, -0.05) is 0 Å². The molecular weight excluding hydrogens is 248 g/mol. The van der Waals surface area contributed by atoms with Gasteiger partial charge in [0.1, 0.15) is 5.69 Å². The van der Waals surface area contributed by atoms with E-state index in [1.807, 2.05) is 27.7 Å². The van der Waals surface area contributed by atoms with Crippen LogP contribution < -0.4 is 5.32 Å². The normalized spacial score (nSPS) is 11.6. The van der Waals surface area contributed by atoms with E-state index in [1.165, 1.54) is 0 Å². The summed E-state index contributed by atoms with van der Waals surface area (Å²) in [6.07, 6.45) is 0. The molecule has 1 aromatic heterocycles. The highest BCUT2D eigenvalue weighted by Crippen LogP contribution is 2.28. The zero-order valence-corrected chi connectivity index (χ0v) is 12.2. The number of aryl methyl sites for hydroxylation is 2. The molecule has 0 aliphatic rings. The van der Waals surface area contributed by atoms with Crippen LogP contribution >= 0.6 is 0 Å². The summed E-state index contributed by atoms with van der Waals surface area (Å²) in [4.78, 5) is 10.7. The van der Waals surface area contributed by atoms with Crippen molar-refractivity contribution >= 4 is 11.5 Å². The summed E-state index contributed by atoms with van der Waals surface area (Å²) in [5.74, 6) is 0.442. The summed E-state index contributed by atoms with van der Waals surface area (Å²) in [5.41, 5.74) is 0.0667. The van der Waals surface area contributed by atoms with Crippen LogP contribution in [0.15, 0.2) is 0 Å². The third-order valence-electron chi connectivity index (χ3n) is 2.79. The van der Waals surface area contributed by atoms with E-state index in [2.05, 4.69) is 10.4 Å². The Balaban J connectivity index is 2.96. The van der Waals surface area contributed by atoms with Crippen LogP contribution in [0.3, 0.4) is 0 Å². The largest absolute Gasteiger partial charge is 0.374 e. The minimum atomic E-state index is -0.398. The fourth-order valence-electron chi connectivity index (χ4n) is 1.93. The second-order valence-electron chi connectivity index (χ2n) is 4.90. The summed E-state index contributed by atoms with van der Waals surface area (Å²) in [7, 11) is 0. The molecule has 0 atom stereocenters. The lowest BCUT2D eigenvalue weighted by Gasteiger charge is -2.25. The van der Waals surface area contributed by atoms with Crippen molar-refractivity contribution in [1.29, 1.82) is 0 Å². The lowest BCUT2D eigenvalue weighted by molar-refractivity contribution is -0.384. The molecule has 0 spiro atoms. The SMILES string of the molecule is CCOC(C)(C)CNc1c([N+](=O)[O-])c(C)nn1CC. The molecule has 7 nitrogen and oxygen atoms in total. The Bertz CT molecular complexity index is 454. The van der Waals surface area contributed by atoms with Crippen LogP contribution in [0.5, 0.6) is 0 Å². The summed E-state index contributed by atoms with van der Waals surface area (Å²) >= 11 is 0. The van der Waals surface area contributed by atoms with Crippen LogP contribution in [-0.2, 0) is 11.3 Å². The van der Waals surface area contributed by atoms with E-state index in [0.29, 0.717) is 31.2 Å². The van der Waals surface area contributed by atoms with Crippen LogP contribution in [0.4, 0.5) is 11.5 Å². The van der Waals surface area contributed by atoms with Gasteiger partial charge in [-0.3, -0.25) is 10.1 Å². The number of ether oxygens (including phenoxy) is 1. The van der Waals surface area contributed by atoms with Crippen LogP contribution in [0.25, 0.3) is 0 Å². The molecule has 19 heavy (non-hydrogen) atoms. The second kappa shape index (κ2) is 6.01. The first-order chi connectivity index (χ1) is 8.82. The van der Waals surface area contributed by atoms with E-state index >= 15 is 0 Å². The smallest absolute Gasteiger partial charge is 0.333 e. The quantitative estimate of drug-likeness (QED) is 0.607. The zero-order chi connectivity index (χ0) is 14.6. The van der Waals surface area contributed by atoms with E-state index in [0.717, 1.165) is 0 Å². The van der Waals surface area contributed by atoms with Gasteiger partial charge in [-0.15, -0.1) is 0 Å². The van der Waals surface area contributed by atoms with Crippen molar-refractivity contribution in [3.8, 4) is 0 Å². The van der Waals surface area contributed by atoms with E-state index in [9.17, 15) is 10.1 Å². The number of nitrogens with one attached hydrogen (secondary N) is 1. The molecule has 1 rings (SSSR count). The van der Waals surface area contributed by atoms with E-state index in [1.54, 1.807) is 11.6 Å². The third-order valence-corrected chi connectivity index (χ3v) is 2.79. The molecule has 0 fully saturated rings. The molecule has 0 saturated heterocycles. The Hall–Kier alpha value is -1.63. The van der Waals surface area contributed by atoms with Gasteiger partial charge in [0.05, 0.1) is 10.5 Å². The molecule has 0 saturated carbocycles. The highest BCUT2D eigenvalue weighted by molar-refractivity contribution is 5.59. The topological polar surface area (TPSA) is 82.2 Å². The van der Waals surface area contributed by atoms with E-state index in [4.69, 9.17) is 4.74 Å². The predicted octanol–water partition coefficient (Wildman–Crippen LogP) is 2.35. The molecule has 0 aliphatic heterocycles. The molecule has 0 aliphatic carbocycles. The number of anilines is 1. The van der Waals surface area contributed by atoms with Gasteiger partial charge >= 0.3 is 5.69 Å². The van der Waals surface area contributed by atoms with Gasteiger partial charge in [0.25, 0.3) is 0 Å². The number of nitrogens with zero attached hydrogens (tertiary/aromatic N) is 3. The molecule has 0 radical (unpaired) electrons. The number of hydrogen-bond acceptors (Lipinski definition) is 5. The zero-order valence-electron chi connectivity index (χ0n) is 12.2. The summed E-state index contributed by atoms with van der Waals surface area (Å²) in [6, 6.07) is 0. The van der Waals surface area contributed by atoms with E-state index < -0.39 is 4.92 Å². The van der Waals surface area contributed by atoms with Crippen molar-refractivity contribution in [1.82, 2.24) is 9.78 Å². The molecule has 7 heteroatoms. The van der Waals surface area contributed by atoms with Gasteiger partial charge in [-0.2, -0.15) is 5.10 Å². The van der Waals surface area contributed by atoms with Crippen molar-refractivity contribution in [2.24, 2.45) is 0 Å². The van der Waals surface area contributed by atoms with Gasteiger partial charge in [0.2, 0.25) is 5.82 Å². The monoisotopic (exact) mass is 270 g/mol. The number of hydrogen-bond donors (Lipinski definition) is 1. The van der Waals surface area contributed by atoms with E-state index in [-0.39, 0.29) is 11.3 Å². The maximum absolute atomic E-state index is 11.1.